The maximum Gasteiger partial charge on any atom is 0.0735 e. The average molecular weight is 471 g/mol. The van der Waals surface area contributed by atoms with Crippen LogP contribution in [0.3, 0.4) is 0 Å². The van der Waals surface area contributed by atoms with Gasteiger partial charge < -0.3 is 4.74 Å². The number of morpholine rings is 1. The van der Waals surface area contributed by atoms with Crippen LogP contribution in [-0.4, -0.2) is 58.4 Å². The summed E-state index contributed by atoms with van der Waals surface area (Å²) >= 11 is 0. The van der Waals surface area contributed by atoms with Crippen molar-refractivity contribution in [3.05, 3.63) is 0 Å². The van der Waals surface area contributed by atoms with Crippen molar-refractivity contribution in [2.24, 2.45) is 11.8 Å². The van der Waals surface area contributed by atoms with Crippen molar-refractivity contribution in [2.45, 2.75) is 170 Å². The van der Waals surface area contributed by atoms with Gasteiger partial charge in [0.15, 0.2) is 0 Å². The predicted octanol–water partition coefficient (Wildman–Crippen LogP) is 5.30. The van der Waals surface area contributed by atoms with Gasteiger partial charge in [-0.05, 0) is 88.9 Å². The molecule has 2 saturated heterocycles. The maximum atomic E-state index is 6.82. The van der Waals surface area contributed by atoms with Gasteiger partial charge in [-0.1, -0.05) is 44.9 Å². The molecule has 5 nitrogen and oxygen atoms in total. The molecule has 5 heteroatoms. The molecule has 8 atom stereocenters. The standard InChI is InChI=1S/C29H50N4O/c1-2-10-25-23(9-1)30-31-33(25)21-18-16-20(17-19-21)22-8-7-13-24(22)32-26-11-3-5-14-28(26)34-29-15-6-4-12-27(29)32/h20-31H,1-19H2. The lowest BCUT2D eigenvalue weighted by Crippen LogP contribution is -2.66. The summed E-state index contributed by atoms with van der Waals surface area (Å²) in [6, 6.07) is 4.52. The fourth-order valence-corrected chi connectivity index (χ4v) is 10.0. The fraction of sp³-hybridized carbons (Fsp3) is 1.00. The van der Waals surface area contributed by atoms with Crippen LogP contribution in [0, 0.1) is 11.8 Å². The Balaban J connectivity index is 1.04. The molecule has 0 aromatic heterocycles. The minimum absolute atomic E-state index is 0.544. The van der Waals surface area contributed by atoms with E-state index in [4.69, 9.17) is 4.74 Å². The molecule has 7 rings (SSSR count). The minimum Gasteiger partial charge on any atom is -0.372 e. The third kappa shape index (κ3) is 4.10. The van der Waals surface area contributed by atoms with Gasteiger partial charge in [-0.3, -0.25) is 4.90 Å². The molecule has 0 bridgehead atoms. The maximum absolute atomic E-state index is 6.82. The highest BCUT2D eigenvalue weighted by molar-refractivity contribution is 5.04. The Kier molecular flexibility index (Phi) is 6.70. The van der Waals surface area contributed by atoms with Gasteiger partial charge in [0.05, 0.1) is 12.2 Å². The summed E-state index contributed by atoms with van der Waals surface area (Å²) < 4.78 is 6.82. The zero-order valence-corrected chi connectivity index (χ0v) is 21.5. The number of fused-ring (bicyclic) bond motifs is 3. The predicted molar refractivity (Wildman–Crippen MR) is 136 cm³/mol. The lowest BCUT2D eigenvalue weighted by atomic mass is 9.73. The summed E-state index contributed by atoms with van der Waals surface area (Å²) in [5, 5.41) is 2.67. The van der Waals surface area contributed by atoms with E-state index in [9.17, 15) is 0 Å². The molecule has 2 aliphatic heterocycles. The summed E-state index contributed by atoms with van der Waals surface area (Å²) in [7, 11) is 0. The van der Waals surface area contributed by atoms with Crippen LogP contribution in [0.5, 0.6) is 0 Å². The van der Waals surface area contributed by atoms with E-state index in [1.54, 1.807) is 0 Å². The SMILES string of the molecule is C1CCC2C(C1)NNN2C1CCC(C2CCCC2N2C3CCCCC3OC3CCCCC32)CC1. The summed E-state index contributed by atoms with van der Waals surface area (Å²) in [6.45, 7) is 0. The van der Waals surface area contributed by atoms with Gasteiger partial charge in [0.1, 0.15) is 0 Å². The van der Waals surface area contributed by atoms with Gasteiger partial charge in [-0.25, -0.2) is 10.4 Å². The molecule has 2 heterocycles. The topological polar surface area (TPSA) is 39.8 Å². The first-order valence-corrected chi connectivity index (χ1v) is 15.6. The highest BCUT2D eigenvalue weighted by Gasteiger charge is 2.51. The Hall–Kier alpha value is -0.200. The van der Waals surface area contributed by atoms with Gasteiger partial charge in [0, 0.05) is 36.3 Å². The number of nitrogens with zero attached hydrogens (tertiary/aromatic N) is 2. The first-order chi connectivity index (χ1) is 16.9. The van der Waals surface area contributed by atoms with E-state index in [0.717, 1.165) is 42.0 Å². The molecule has 0 aromatic rings. The number of hydrazine groups is 2. The van der Waals surface area contributed by atoms with Crippen molar-refractivity contribution < 1.29 is 4.74 Å². The molecule has 5 saturated carbocycles. The van der Waals surface area contributed by atoms with Crippen molar-refractivity contribution in [1.29, 1.82) is 0 Å². The van der Waals surface area contributed by atoms with E-state index in [1.165, 1.54) is 122 Å². The number of ether oxygens (including phenoxy) is 1. The van der Waals surface area contributed by atoms with Gasteiger partial charge >= 0.3 is 0 Å². The minimum atomic E-state index is 0.544. The van der Waals surface area contributed by atoms with Gasteiger partial charge in [-0.15, -0.1) is 0 Å². The molecular formula is C29H50N4O. The third-order valence-corrected chi connectivity index (χ3v) is 11.6. The number of hydrogen-bond acceptors (Lipinski definition) is 5. The summed E-state index contributed by atoms with van der Waals surface area (Å²) in [6.07, 6.45) is 28.0. The van der Waals surface area contributed by atoms with Crippen LogP contribution >= 0.6 is 0 Å². The van der Waals surface area contributed by atoms with E-state index in [-0.39, 0.29) is 0 Å². The summed E-state index contributed by atoms with van der Waals surface area (Å²) in [5.74, 6) is 1.92. The Morgan fingerprint density at radius 3 is 1.88 bits per heavy atom. The van der Waals surface area contributed by atoms with Crippen LogP contribution in [0.25, 0.3) is 0 Å². The van der Waals surface area contributed by atoms with Gasteiger partial charge in [-0.2, -0.15) is 5.53 Å². The largest absolute Gasteiger partial charge is 0.372 e. The highest BCUT2D eigenvalue weighted by Crippen LogP contribution is 2.48. The third-order valence-electron chi connectivity index (χ3n) is 11.6. The van der Waals surface area contributed by atoms with Crippen molar-refractivity contribution in [1.82, 2.24) is 20.9 Å². The van der Waals surface area contributed by atoms with E-state index < -0.39 is 0 Å². The van der Waals surface area contributed by atoms with Crippen molar-refractivity contribution in [3.8, 4) is 0 Å². The van der Waals surface area contributed by atoms with Crippen LogP contribution in [0.2, 0.25) is 0 Å². The van der Waals surface area contributed by atoms with E-state index >= 15 is 0 Å². The van der Waals surface area contributed by atoms with E-state index in [0.29, 0.717) is 18.2 Å². The number of nitrogens with one attached hydrogen (secondary N) is 2. The van der Waals surface area contributed by atoms with E-state index in [1.807, 2.05) is 0 Å². The molecule has 0 radical (unpaired) electrons. The van der Waals surface area contributed by atoms with Gasteiger partial charge in [0.25, 0.3) is 0 Å². The lowest BCUT2D eigenvalue weighted by molar-refractivity contribution is -0.192. The molecule has 0 aromatic carbocycles. The molecule has 7 aliphatic rings. The van der Waals surface area contributed by atoms with Crippen LogP contribution in [0.15, 0.2) is 0 Å². The first-order valence-electron chi connectivity index (χ1n) is 15.6. The first kappa shape index (κ1) is 23.0. The molecular weight excluding hydrogens is 420 g/mol. The highest BCUT2D eigenvalue weighted by atomic mass is 16.5. The normalized spacial score (nSPS) is 50.5. The zero-order valence-electron chi connectivity index (χ0n) is 21.5. The molecule has 2 N–H and O–H groups in total. The monoisotopic (exact) mass is 470 g/mol. The smallest absolute Gasteiger partial charge is 0.0735 e. The van der Waals surface area contributed by atoms with Crippen molar-refractivity contribution in [2.75, 3.05) is 0 Å². The van der Waals surface area contributed by atoms with Crippen LogP contribution < -0.4 is 11.0 Å². The fourth-order valence-electron chi connectivity index (χ4n) is 10.0. The summed E-state index contributed by atoms with van der Waals surface area (Å²) in [4.78, 5) is 3.17. The second-order valence-electron chi connectivity index (χ2n) is 13.2. The Labute approximate surface area is 208 Å². The van der Waals surface area contributed by atoms with Crippen molar-refractivity contribution in [3.63, 3.8) is 0 Å². The van der Waals surface area contributed by atoms with Crippen LogP contribution in [0.1, 0.15) is 122 Å². The molecule has 7 fully saturated rings. The van der Waals surface area contributed by atoms with Crippen molar-refractivity contribution >= 4 is 0 Å². The summed E-state index contributed by atoms with van der Waals surface area (Å²) in [5.41, 5.74) is 7.27. The Bertz CT molecular complexity index is 674. The second kappa shape index (κ2) is 9.93. The molecule has 8 unspecified atom stereocenters. The molecule has 0 spiro atoms. The second-order valence-corrected chi connectivity index (χ2v) is 13.2. The number of rotatable bonds is 3. The Morgan fingerprint density at radius 2 is 1.15 bits per heavy atom. The number of hydrogen-bond donors (Lipinski definition) is 2. The molecule has 34 heavy (non-hydrogen) atoms. The average Bonchev–Trinajstić information content (AvgIpc) is 3.55. The molecule has 192 valence electrons. The molecule has 0 amide bonds. The lowest BCUT2D eigenvalue weighted by Gasteiger charge is -2.57. The van der Waals surface area contributed by atoms with Crippen LogP contribution in [-0.2, 0) is 4.74 Å². The Morgan fingerprint density at radius 1 is 0.529 bits per heavy atom. The van der Waals surface area contributed by atoms with Crippen LogP contribution in [0.4, 0.5) is 0 Å². The van der Waals surface area contributed by atoms with Gasteiger partial charge in [0.2, 0.25) is 0 Å². The zero-order chi connectivity index (χ0) is 22.5. The molecule has 5 aliphatic carbocycles. The van der Waals surface area contributed by atoms with E-state index in [2.05, 4.69) is 20.9 Å². The quantitative estimate of drug-likeness (QED) is 0.585.